The molecule has 23 heteroatoms. The third-order valence-electron chi connectivity index (χ3n) is 10.2. The van der Waals surface area contributed by atoms with E-state index in [1.807, 2.05) is 0 Å². The molecule has 2 aliphatic heterocycles. The number of amides is 5. The second kappa shape index (κ2) is 16.5. The number of halogens is 4. The summed E-state index contributed by atoms with van der Waals surface area (Å²) in [6, 6.07) is 7.28. The molecule has 0 radical (unpaired) electrons. The van der Waals surface area contributed by atoms with Gasteiger partial charge in [-0.1, -0.05) is 22.9 Å². The molecule has 0 saturated carbocycles. The number of nitrogens with zero attached hydrogens (tertiary/aromatic N) is 9. The van der Waals surface area contributed by atoms with Crippen LogP contribution in [-0.2, 0) is 41.1 Å². The van der Waals surface area contributed by atoms with Gasteiger partial charge in [-0.15, -0.1) is 5.10 Å². The molecular formula is C39H32ClF3N12O7. The number of piperidine rings is 1. The van der Waals surface area contributed by atoms with Gasteiger partial charge >= 0.3 is 11.4 Å². The Balaban J connectivity index is 0.933. The lowest BCUT2D eigenvalue weighted by atomic mass is 10.0. The Morgan fingerprint density at radius 1 is 0.919 bits per heavy atom. The summed E-state index contributed by atoms with van der Waals surface area (Å²) in [4.78, 5) is 95.6. The van der Waals surface area contributed by atoms with Crippen LogP contribution < -0.4 is 27.3 Å². The van der Waals surface area contributed by atoms with Crippen molar-refractivity contribution in [2.75, 3.05) is 10.6 Å². The monoisotopic (exact) mass is 872 g/mol. The van der Waals surface area contributed by atoms with Gasteiger partial charge in [-0.3, -0.25) is 48.1 Å². The lowest BCUT2D eigenvalue weighted by Crippen LogP contribution is -2.54. The van der Waals surface area contributed by atoms with Crippen LogP contribution in [0, 0.1) is 17.5 Å². The minimum absolute atomic E-state index is 0.00502. The molecule has 3 aromatic heterocycles. The SMILES string of the molecule is Cn1cc2cc(Nc3nc(=O)n(Cc4cn(CCCCC(=O)Nc5cccc6c5C(=O)N(C5CCC(=O)NC5=O)C6=O)nn4)c(=O)n3Cc3cc(F)c(F)cc3F)c(Cl)cc2n1. The molecule has 2 aliphatic rings. The van der Waals surface area contributed by atoms with Crippen molar-refractivity contribution < 1.29 is 37.1 Å². The third-order valence-corrected chi connectivity index (χ3v) is 10.5. The summed E-state index contributed by atoms with van der Waals surface area (Å²) in [5.41, 5.74) is -1.47. The number of aromatic nitrogens is 8. The van der Waals surface area contributed by atoms with Crippen LogP contribution in [0.15, 0.2) is 64.4 Å². The zero-order valence-electron chi connectivity index (χ0n) is 32.3. The molecule has 5 heterocycles. The Bertz CT molecular complexity index is 3000. The van der Waals surface area contributed by atoms with Crippen LogP contribution >= 0.6 is 11.6 Å². The minimum Gasteiger partial charge on any atom is -0.325 e. The first-order chi connectivity index (χ1) is 29.6. The Hall–Kier alpha value is -7.49. The summed E-state index contributed by atoms with van der Waals surface area (Å²) in [6.07, 6.45) is 3.86. The molecule has 5 amide bonds. The van der Waals surface area contributed by atoms with E-state index in [2.05, 4.69) is 36.3 Å². The lowest BCUT2D eigenvalue weighted by molar-refractivity contribution is -0.136. The van der Waals surface area contributed by atoms with Crippen molar-refractivity contribution in [1.29, 1.82) is 0 Å². The first-order valence-corrected chi connectivity index (χ1v) is 19.3. The van der Waals surface area contributed by atoms with Gasteiger partial charge in [0.15, 0.2) is 11.6 Å². The molecule has 3 N–H and O–H groups in total. The zero-order valence-corrected chi connectivity index (χ0v) is 33.1. The van der Waals surface area contributed by atoms with Crippen LogP contribution in [-0.4, -0.2) is 79.4 Å². The van der Waals surface area contributed by atoms with Gasteiger partial charge in [-0.05, 0) is 49.6 Å². The number of carbonyl (C=O) groups excluding carboxylic acids is 5. The zero-order chi connectivity index (χ0) is 44.0. The number of fused-ring (bicyclic) bond motifs is 2. The number of hydrogen-bond donors (Lipinski definition) is 3. The van der Waals surface area contributed by atoms with Crippen molar-refractivity contribution in [3.8, 4) is 0 Å². The second-order valence-corrected chi connectivity index (χ2v) is 14.9. The quantitative estimate of drug-likeness (QED) is 0.0865. The van der Waals surface area contributed by atoms with Crippen molar-refractivity contribution in [2.24, 2.45) is 7.05 Å². The highest BCUT2D eigenvalue weighted by molar-refractivity contribution is 6.34. The van der Waals surface area contributed by atoms with Gasteiger partial charge in [0.25, 0.3) is 11.8 Å². The number of imide groups is 2. The van der Waals surface area contributed by atoms with E-state index in [0.717, 1.165) is 9.47 Å². The maximum atomic E-state index is 14.9. The van der Waals surface area contributed by atoms with E-state index in [4.69, 9.17) is 11.6 Å². The van der Waals surface area contributed by atoms with Crippen LogP contribution in [0.3, 0.4) is 0 Å². The number of anilines is 3. The van der Waals surface area contributed by atoms with Gasteiger partial charge in [-0.2, -0.15) is 10.1 Å². The molecule has 62 heavy (non-hydrogen) atoms. The summed E-state index contributed by atoms with van der Waals surface area (Å²) in [5.74, 6) is -7.50. The number of carbonyl (C=O) groups is 5. The van der Waals surface area contributed by atoms with Gasteiger partial charge in [0, 0.05) is 49.6 Å². The Kier molecular flexibility index (Phi) is 11.0. The van der Waals surface area contributed by atoms with Crippen LogP contribution in [0.5, 0.6) is 0 Å². The molecule has 1 unspecified atom stereocenters. The summed E-state index contributed by atoms with van der Waals surface area (Å²) < 4.78 is 47.4. The topological polar surface area (TPSA) is 230 Å². The molecule has 0 aliphatic carbocycles. The molecule has 8 rings (SSSR count). The number of unbranched alkanes of at least 4 members (excludes halogenated alkanes) is 1. The molecule has 19 nitrogen and oxygen atoms in total. The summed E-state index contributed by atoms with van der Waals surface area (Å²) in [5, 5.41) is 20.8. The number of benzene rings is 3. The molecule has 0 bridgehead atoms. The smallest absolute Gasteiger partial charge is 0.325 e. The van der Waals surface area contributed by atoms with Gasteiger partial charge < -0.3 is 10.6 Å². The van der Waals surface area contributed by atoms with Crippen LogP contribution in [0.1, 0.15) is 64.1 Å². The normalized spacial score (nSPS) is 15.0. The predicted octanol–water partition coefficient (Wildman–Crippen LogP) is 3.00. The van der Waals surface area contributed by atoms with Gasteiger partial charge in [-0.25, -0.2) is 27.3 Å². The molecular weight excluding hydrogens is 841 g/mol. The average Bonchev–Trinajstić information content (AvgIpc) is 3.90. The van der Waals surface area contributed by atoms with E-state index in [-0.39, 0.29) is 65.0 Å². The Morgan fingerprint density at radius 2 is 1.71 bits per heavy atom. The summed E-state index contributed by atoms with van der Waals surface area (Å²) in [7, 11) is 1.70. The number of hydrogen-bond acceptors (Lipinski definition) is 12. The fraction of sp³-hybridized carbons (Fsp3) is 0.256. The van der Waals surface area contributed by atoms with E-state index in [0.29, 0.717) is 40.4 Å². The fourth-order valence-corrected chi connectivity index (χ4v) is 7.42. The van der Waals surface area contributed by atoms with E-state index in [1.54, 1.807) is 30.1 Å². The number of rotatable bonds is 13. The maximum absolute atomic E-state index is 14.9. The van der Waals surface area contributed by atoms with Crippen molar-refractivity contribution in [3.63, 3.8) is 0 Å². The van der Waals surface area contributed by atoms with E-state index < -0.39 is 83.1 Å². The average molecular weight is 873 g/mol. The molecule has 6 aromatic rings. The van der Waals surface area contributed by atoms with Gasteiger partial charge in [0.05, 0.1) is 52.3 Å². The van der Waals surface area contributed by atoms with E-state index >= 15 is 0 Å². The van der Waals surface area contributed by atoms with Gasteiger partial charge in [0.2, 0.25) is 23.7 Å². The lowest BCUT2D eigenvalue weighted by Gasteiger charge is -2.27. The first kappa shape index (κ1) is 41.3. The second-order valence-electron chi connectivity index (χ2n) is 14.5. The van der Waals surface area contributed by atoms with Crippen LogP contribution in [0.2, 0.25) is 5.02 Å². The molecule has 0 spiro atoms. The molecule has 1 fully saturated rings. The standard InChI is InChI=1S/C39H32ClF3N12O7/c1-51-15-20-12-29(23(40)13-28(20)49-51)45-37-47-38(61)54(39(62)53(37)16-19-11-25(42)26(43)14-24(19)41)18-21-17-52(50-48-21)10-3-2-7-31(56)44-27-6-4-5-22-33(27)36(60)55(35(22)59)30-8-9-32(57)46-34(30)58/h4-6,11-15,17,30H,2-3,7-10,16,18H2,1H3,(H,44,56)(H,45,47,61)(H,46,57,58). The molecule has 318 valence electrons. The highest BCUT2D eigenvalue weighted by Crippen LogP contribution is 2.33. The highest BCUT2D eigenvalue weighted by Gasteiger charge is 2.45. The van der Waals surface area contributed by atoms with Crippen molar-refractivity contribution in [1.82, 2.24) is 49.1 Å². The van der Waals surface area contributed by atoms with Crippen LogP contribution in [0.4, 0.5) is 30.5 Å². The molecule has 1 atom stereocenters. The Labute approximate surface area is 351 Å². The first-order valence-electron chi connectivity index (χ1n) is 18.9. The minimum atomic E-state index is -1.43. The van der Waals surface area contributed by atoms with Gasteiger partial charge in [0.1, 0.15) is 17.6 Å². The van der Waals surface area contributed by atoms with E-state index in [9.17, 15) is 46.7 Å². The largest absolute Gasteiger partial charge is 0.355 e. The van der Waals surface area contributed by atoms with E-state index in [1.165, 1.54) is 29.1 Å². The highest BCUT2D eigenvalue weighted by atomic mass is 35.5. The van der Waals surface area contributed by atoms with Crippen molar-refractivity contribution >= 4 is 69.4 Å². The number of aryl methyl sites for hydroxylation is 2. The maximum Gasteiger partial charge on any atom is 0.355 e. The molecule has 3 aromatic carbocycles. The summed E-state index contributed by atoms with van der Waals surface area (Å²) >= 11 is 6.47. The fourth-order valence-electron chi connectivity index (χ4n) is 7.22. The Morgan fingerprint density at radius 3 is 2.50 bits per heavy atom. The van der Waals surface area contributed by atoms with Crippen LogP contribution in [0.25, 0.3) is 10.9 Å². The molecule has 1 saturated heterocycles. The number of nitrogens with one attached hydrogen (secondary N) is 3. The van der Waals surface area contributed by atoms with Crippen molar-refractivity contribution in [3.05, 3.63) is 121 Å². The summed E-state index contributed by atoms with van der Waals surface area (Å²) in [6.45, 7) is -0.849. The van der Waals surface area contributed by atoms with Crippen molar-refractivity contribution in [2.45, 2.75) is 57.8 Å². The third kappa shape index (κ3) is 8.06. The predicted molar refractivity (Wildman–Crippen MR) is 212 cm³/mol.